The molecule has 0 unspecified atom stereocenters. The van der Waals surface area contributed by atoms with E-state index >= 15 is 0 Å². The Morgan fingerprint density at radius 2 is 2.00 bits per heavy atom. The molecule has 1 N–H and O–H groups in total. The maximum absolute atomic E-state index is 11.8. The Bertz CT molecular complexity index is 445. The van der Waals surface area contributed by atoms with Crippen molar-refractivity contribution in [3.63, 3.8) is 0 Å². The molecule has 0 saturated heterocycles. The molecule has 0 heterocycles. The summed E-state index contributed by atoms with van der Waals surface area (Å²) in [5, 5.41) is 3.04. The highest BCUT2D eigenvalue weighted by atomic mass is 16.5. The second-order valence-electron chi connectivity index (χ2n) is 5.24. The van der Waals surface area contributed by atoms with Crippen LogP contribution in [0.1, 0.15) is 44.6 Å². The number of benzene rings is 1. The second-order valence-corrected chi connectivity index (χ2v) is 5.24. The van der Waals surface area contributed by atoms with Crippen LogP contribution < -0.4 is 10.1 Å². The molecule has 1 saturated carbocycles. The first-order chi connectivity index (χ1) is 9.78. The van der Waals surface area contributed by atoms with E-state index in [0.717, 1.165) is 37.2 Å². The van der Waals surface area contributed by atoms with Crippen molar-refractivity contribution in [2.45, 2.75) is 45.1 Å². The van der Waals surface area contributed by atoms with Crippen molar-refractivity contribution in [2.24, 2.45) is 0 Å². The second kappa shape index (κ2) is 7.73. The lowest BCUT2D eigenvalue weighted by molar-refractivity contribution is -0.117. The average molecular weight is 273 g/mol. The SMILES string of the molecule is CCCOc1ccc(/C=C\C(=O)NC2CCCC2)cc1. The molecule has 1 amide bonds. The topological polar surface area (TPSA) is 38.3 Å². The van der Waals surface area contributed by atoms with Crippen molar-refractivity contribution < 1.29 is 9.53 Å². The third kappa shape index (κ3) is 4.72. The fourth-order valence-corrected chi connectivity index (χ4v) is 2.39. The molecule has 0 atom stereocenters. The number of hydrogen-bond donors (Lipinski definition) is 1. The number of hydrogen-bond acceptors (Lipinski definition) is 2. The summed E-state index contributed by atoms with van der Waals surface area (Å²) in [6.07, 6.45) is 9.14. The zero-order valence-electron chi connectivity index (χ0n) is 12.1. The monoisotopic (exact) mass is 273 g/mol. The van der Waals surface area contributed by atoms with E-state index in [-0.39, 0.29) is 5.91 Å². The highest BCUT2D eigenvalue weighted by Crippen LogP contribution is 2.17. The predicted octanol–water partition coefficient (Wildman–Crippen LogP) is 3.55. The molecule has 3 nitrogen and oxygen atoms in total. The quantitative estimate of drug-likeness (QED) is 0.805. The van der Waals surface area contributed by atoms with Gasteiger partial charge in [0.05, 0.1) is 6.61 Å². The molecule has 1 aliphatic carbocycles. The van der Waals surface area contributed by atoms with Gasteiger partial charge in [-0.1, -0.05) is 31.9 Å². The number of nitrogens with one attached hydrogen (secondary N) is 1. The first-order valence-electron chi connectivity index (χ1n) is 7.49. The van der Waals surface area contributed by atoms with Gasteiger partial charge in [-0.15, -0.1) is 0 Å². The van der Waals surface area contributed by atoms with Crippen LogP contribution >= 0.6 is 0 Å². The van der Waals surface area contributed by atoms with Gasteiger partial charge in [-0.3, -0.25) is 4.79 Å². The molecule has 1 aliphatic rings. The lowest BCUT2D eigenvalue weighted by Gasteiger charge is -2.09. The lowest BCUT2D eigenvalue weighted by atomic mass is 10.2. The van der Waals surface area contributed by atoms with Crippen LogP contribution in [0.25, 0.3) is 6.08 Å². The van der Waals surface area contributed by atoms with Crippen LogP contribution in [0.2, 0.25) is 0 Å². The molecule has 0 aliphatic heterocycles. The van der Waals surface area contributed by atoms with E-state index in [1.54, 1.807) is 6.08 Å². The summed E-state index contributed by atoms with van der Waals surface area (Å²) in [6.45, 7) is 2.82. The van der Waals surface area contributed by atoms with Crippen LogP contribution in [0.5, 0.6) is 5.75 Å². The Morgan fingerprint density at radius 1 is 1.30 bits per heavy atom. The molecule has 3 heteroatoms. The highest BCUT2D eigenvalue weighted by molar-refractivity contribution is 5.91. The standard InChI is InChI=1S/C17H23NO2/c1-2-13-20-16-10-7-14(8-11-16)9-12-17(19)18-15-5-3-4-6-15/h7-12,15H,2-6,13H2,1H3,(H,18,19)/b12-9-. The minimum atomic E-state index is 0.00297. The van der Waals surface area contributed by atoms with E-state index in [1.807, 2.05) is 30.3 Å². The molecule has 0 aromatic heterocycles. The molecule has 108 valence electrons. The summed E-state index contributed by atoms with van der Waals surface area (Å²) in [7, 11) is 0. The van der Waals surface area contributed by atoms with Gasteiger partial charge in [0.1, 0.15) is 5.75 Å². The van der Waals surface area contributed by atoms with Crippen molar-refractivity contribution in [2.75, 3.05) is 6.61 Å². The van der Waals surface area contributed by atoms with Gasteiger partial charge in [0.2, 0.25) is 5.91 Å². The van der Waals surface area contributed by atoms with Gasteiger partial charge in [-0.05, 0) is 43.0 Å². The van der Waals surface area contributed by atoms with Gasteiger partial charge in [0.15, 0.2) is 0 Å². The smallest absolute Gasteiger partial charge is 0.244 e. The summed E-state index contributed by atoms with van der Waals surface area (Å²) in [6, 6.07) is 8.17. The minimum Gasteiger partial charge on any atom is -0.494 e. The fourth-order valence-electron chi connectivity index (χ4n) is 2.39. The van der Waals surface area contributed by atoms with Crippen molar-refractivity contribution in [1.82, 2.24) is 5.32 Å². The normalized spacial score (nSPS) is 15.7. The van der Waals surface area contributed by atoms with Gasteiger partial charge in [-0.2, -0.15) is 0 Å². The van der Waals surface area contributed by atoms with Crippen LogP contribution in [-0.2, 0) is 4.79 Å². The van der Waals surface area contributed by atoms with E-state index in [9.17, 15) is 4.79 Å². The molecule has 1 fully saturated rings. The number of carbonyl (C=O) groups is 1. The van der Waals surface area contributed by atoms with Crippen molar-refractivity contribution in [1.29, 1.82) is 0 Å². The van der Waals surface area contributed by atoms with Crippen LogP contribution in [0, 0.1) is 0 Å². The maximum atomic E-state index is 11.8. The zero-order valence-corrected chi connectivity index (χ0v) is 12.1. The van der Waals surface area contributed by atoms with E-state index in [4.69, 9.17) is 4.74 Å². The Hall–Kier alpha value is -1.77. The molecule has 2 rings (SSSR count). The molecule has 0 radical (unpaired) electrons. The molecule has 1 aromatic carbocycles. The number of amides is 1. The Kier molecular flexibility index (Phi) is 5.66. The van der Waals surface area contributed by atoms with Crippen LogP contribution in [0.15, 0.2) is 30.3 Å². The largest absolute Gasteiger partial charge is 0.494 e. The van der Waals surface area contributed by atoms with E-state index < -0.39 is 0 Å². The molecular formula is C17H23NO2. The summed E-state index contributed by atoms with van der Waals surface area (Å²) in [5.41, 5.74) is 1.01. The summed E-state index contributed by atoms with van der Waals surface area (Å²) in [4.78, 5) is 11.8. The number of ether oxygens (including phenoxy) is 1. The maximum Gasteiger partial charge on any atom is 0.244 e. The molecule has 0 spiro atoms. The first-order valence-corrected chi connectivity index (χ1v) is 7.49. The van der Waals surface area contributed by atoms with Crippen molar-refractivity contribution >= 4 is 12.0 Å². The average Bonchev–Trinajstić information content (AvgIpc) is 2.97. The summed E-state index contributed by atoms with van der Waals surface area (Å²) >= 11 is 0. The fraction of sp³-hybridized carbons (Fsp3) is 0.471. The predicted molar refractivity (Wildman–Crippen MR) is 81.7 cm³/mol. The number of carbonyl (C=O) groups excluding carboxylic acids is 1. The van der Waals surface area contributed by atoms with Gasteiger partial charge in [-0.25, -0.2) is 0 Å². The van der Waals surface area contributed by atoms with Gasteiger partial charge >= 0.3 is 0 Å². The van der Waals surface area contributed by atoms with Gasteiger partial charge < -0.3 is 10.1 Å². The summed E-state index contributed by atoms with van der Waals surface area (Å²) in [5.74, 6) is 0.877. The van der Waals surface area contributed by atoms with Gasteiger partial charge in [0.25, 0.3) is 0 Å². The Balaban J connectivity index is 1.82. The highest BCUT2D eigenvalue weighted by Gasteiger charge is 2.15. The first kappa shape index (κ1) is 14.6. The van der Waals surface area contributed by atoms with Crippen molar-refractivity contribution in [3.8, 4) is 5.75 Å². The Labute approximate surface area is 121 Å². The van der Waals surface area contributed by atoms with Crippen LogP contribution in [0.3, 0.4) is 0 Å². The third-order valence-corrected chi connectivity index (χ3v) is 3.48. The third-order valence-electron chi connectivity index (χ3n) is 3.48. The molecule has 1 aromatic rings. The summed E-state index contributed by atoms with van der Waals surface area (Å²) < 4.78 is 5.52. The van der Waals surface area contributed by atoms with Crippen molar-refractivity contribution in [3.05, 3.63) is 35.9 Å². The van der Waals surface area contributed by atoms with Crippen LogP contribution in [-0.4, -0.2) is 18.6 Å². The molecular weight excluding hydrogens is 250 g/mol. The molecule has 0 bridgehead atoms. The van der Waals surface area contributed by atoms with E-state index in [1.165, 1.54) is 12.8 Å². The number of rotatable bonds is 6. The molecule has 20 heavy (non-hydrogen) atoms. The Morgan fingerprint density at radius 3 is 2.65 bits per heavy atom. The van der Waals surface area contributed by atoms with E-state index in [2.05, 4.69) is 12.2 Å². The lowest BCUT2D eigenvalue weighted by Crippen LogP contribution is -2.30. The minimum absolute atomic E-state index is 0.00297. The van der Waals surface area contributed by atoms with Gasteiger partial charge in [0, 0.05) is 12.1 Å². The van der Waals surface area contributed by atoms with E-state index in [0.29, 0.717) is 6.04 Å². The van der Waals surface area contributed by atoms with Crippen LogP contribution in [0.4, 0.5) is 0 Å². The zero-order chi connectivity index (χ0) is 14.2.